The molecule has 1 aromatic rings. The third-order valence-electron chi connectivity index (χ3n) is 1.96. The Balaban J connectivity index is 2.59. The molecule has 0 aromatic heterocycles. The molecule has 5 nitrogen and oxygen atoms in total. The molecule has 0 radical (unpaired) electrons. The maximum absolute atomic E-state index is 11.3. The van der Waals surface area contributed by atoms with E-state index < -0.39 is 0 Å². The van der Waals surface area contributed by atoms with Crippen molar-refractivity contribution in [2.75, 3.05) is 0 Å². The van der Waals surface area contributed by atoms with Gasteiger partial charge in [0, 0.05) is 6.92 Å². The Morgan fingerprint density at radius 3 is 2.65 bits per heavy atom. The highest BCUT2D eigenvalue weighted by molar-refractivity contribution is 5.74. The van der Waals surface area contributed by atoms with Crippen LogP contribution < -0.4 is 5.32 Å². The first-order valence-corrected chi connectivity index (χ1v) is 5.01. The van der Waals surface area contributed by atoms with Crippen molar-refractivity contribution >= 4 is 12.3 Å². The van der Waals surface area contributed by atoms with Crippen LogP contribution in [-0.4, -0.2) is 17.4 Å². The van der Waals surface area contributed by atoms with E-state index in [0.717, 1.165) is 10.6 Å². The Morgan fingerprint density at radius 2 is 2.12 bits per heavy atom. The molecule has 0 aliphatic carbocycles. The highest BCUT2D eigenvalue weighted by Crippen LogP contribution is 2.06. The molecule has 1 rings (SSSR count). The molecule has 0 heterocycles. The largest absolute Gasteiger partial charge is 0.313 e. The molecular weight excluding hydrogens is 220 g/mol. The predicted molar refractivity (Wildman–Crippen MR) is 62.1 cm³/mol. The lowest BCUT2D eigenvalue weighted by Crippen LogP contribution is -2.34. The second kappa shape index (κ2) is 6.44. The van der Waals surface area contributed by atoms with E-state index in [1.165, 1.54) is 6.92 Å². The summed E-state index contributed by atoms with van der Waals surface area (Å²) in [5.41, 5.74) is 0.914. The van der Waals surface area contributed by atoms with E-state index >= 15 is 0 Å². The fraction of sp³-hybridized carbons (Fsp3) is 0.167. The number of carbonyl (C=O) groups is 2. The van der Waals surface area contributed by atoms with Gasteiger partial charge in [-0.15, -0.1) is 0 Å². The standard InChI is InChI=1S/C12H14N2O3/c1-10(13-9-15)14(11(2)16)17-8-12-6-4-3-5-7-12/h3-7,9H,1,8H2,2H3,(H,13,15). The van der Waals surface area contributed by atoms with E-state index in [0.29, 0.717) is 6.41 Å². The van der Waals surface area contributed by atoms with Crippen molar-refractivity contribution in [2.45, 2.75) is 13.5 Å². The van der Waals surface area contributed by atoms with E-state index in [9.17, 15) is 9.59 Å². The Kier molecular flexibility index (Phi) is 4.90. The molecule has 0 unspecified atom stereocenters. The van der Waals surface area contributed by atoms with Gasteiger partial charge in [0.25, 0.3) is 0 Å². The van der Waals surface area contributed by atoms with Gasteiger partial charge >= 0.3 is 0 Å². The van der Waals surface area contributed by atoms with Crippen LogP contribution in [-0.2, 0) is 21.0 Å². The lowest BCUT2D eigenvalue weighted by Gasteiger charge is -2.21. The van der Waals surface area contributed by atoms with E-state index in [1.54, 1.807) is 0 Å². The van der Waals surface area contributed by atoms with Crippen LogP contribution in [0.4, 0.5) is 0 Å². The van der Waals surface area contributed by atoms with Crippen molar-refractivity contribution in [2.24, 2.45) is 0 Å². The molecule has 0 saturated heterocycles. The topological polar surface area (TPSA) is 58.6 Å². The minimum absolute atomic E-state index is 0.0865. The van der Waals surface area contributed by atoms with Crippen molar-refractivity contribution in [3.63, 3.8) is 0 Å². The summed E-state index contributed by atoms with van der Waals surface area (Å²) in [5, 5.41) is 3.21. The number of rotatable bonds is 6. The molecule has 0 aliphatic heterocycles. The van der Waals surface area contributed by atoms with Gasteiger partial charge in [0.1, 0.15) is 12.4 Å². The number of hydrogen-bond donors (Lipinski definition) is 1. The monoisotopic (exact) mass is 234 g/mol. The highest BCUT2D eigenvalue weighted by Gasteiger charge is 2.13. The summed E-state index contributed by atoms with van der Waals surface area (Å²) in [6, 6.07) is 9.37. The Labute approximate surface area is 99.6 Å². The first kappa shape index (κ1) is 12.9. The van der Waals surface area contributed by atoms with Gasteiger partial charge in [-0.25, -0.2) is 0 Å². The normalized spacial score (nSPS) is 9.47. The minimum Gasteiger partial charge on any atom is -0.313 e. The van der Waals surface area contributed by atoms with Crippen molar-refractivity contribution < 1.29 is 14.4 Å². The summed E-state index contributed by atoms with van der Waals surface area (Å²) in [4.78, 5) is 26.8. The second-order valence-electron chi connectivity index (χ2n) is 3.28. The van der Waals surface area contributed by atoms with Crippen LogP contribution in [0.15, 0.2) is 42.7 Å². The molecule has 0 fully saturated rings. The molecule has 0 spiro atoms. The average Bonchev–Trinajstić information content (AvgIpc) is 2.30. The maximum Gasteiger partial charge on any atom is 0.249 e. The molecule has 1 N–H and O–H groups in total. The van der Waals surface area contributed by atoms with Gasteiger partial charge in [0.15, 0.2) is 0 Å². The van der Waals surface area contributed by atoms with Gasteiger partial charge < -0.3 is 5.32 Å². The molecule has 17 heavy (non-hydrogen) atoms. The lowest BCUT2D eigenvalue weighted by atomic mass is 10.2. The van der Waals surface area contributed by atoms with Gasteiger partial charge in [-0.3, -0.25) is 14.4 Å². The molecule has 90 valence electrons. The Morgan fingerprint density at radius 1 is 1.47 bits per heavy atom. The lowest BCUT2D eigenvalue weighted by molar-refractivity contribution is -0.178. The van der Waals surface area contributed by atoms with E-state index in [1.807, 2.05) is 30.3 Å². The SMILES string of the molecule is C=C(NC=O)N(OCc1ccccc1)C(C)=O. The quantitative estimate of drug-likeness (QED) is 0.594. The molecule has 0 bridgehead atoms. The van der Waals surface area contributed by atoms with Crippen molar-refractivity contribution in [1.29, 1.82) is 0 Å². The predicted octanol–water partition coefficient (Wildman–Crippen LogP) is 1.18. The van der Waals surface area contributed by atoms with E-state index in [-0.39, 0.29) is 18.3 Å². The Hall–Kier alpha value is -2.14. The molecule has 1 aromatic carbocycles. The van der Waals surface area contributed by atoms with Crippen LogP contribution in [0.3, 0.4) is 0 Å². The molecule has 0 aliphatic rings. The zero-order chi connectivity index (χ0) is 12.7. The molecule has 5 heteroatoms. The van der Waals surface area contributed by atoms with Crippen molar-refractivity contribution in [3.8, 4) is 0 Å². The minimum atomic E-state index is -0.361. The Bertz CT molecular complexity index is 403. The highest BCUT2D eigenvalue weighted by atomic mass is 16.7. The van der Waals surface area contributed by atoms with Crippen LogP contribution in [0.2, 0.25) is 0 Å². The first-order chi connectivity index (χ1) is 8.15. The van der Waals surface area contributed by atoms with E-state index in [4.69, 9.17) is 4.84 Å². The van der Waals surface area contributed by atoms with Gasteiger partial charge in [0.2, 0.25) is 12.3 Å². The zero-order valence-electron chi connectivity index (χ0n) is 9.55. The number of carbonyl (C=O) groups excluding carboxylic acids is 2. The van der Waals surface area contributed by atoms with Crippen molar-refractivity contribution in [3.05, 3.63) is 48.3 Å². The maximum atomic E-state index is 11.3. The fourth-order valence-corrected chi connectivity index (χ4v) is 1.20. The smallest absolute Gasteiger partial charge is 0.249 e. The van der Waals surface area contributed by atoms with Gasteiger partial charge in [-0.05, 0) is 5.56 Å². The zero-order valence-corrected chi connectivity index (χ0v) is 9.55. The molecule has 0 saturated carbocycles. The van der Waals surface area contributed by atoms with Crippen LogP contribution in [0.25, 0.3) is 0 Å². The number of amides is 2. The summed E-state index contributed by atoms with van der Waals surface area (Å²) in [7, 11) is 0. The van der Waals surface area contributed by atoms with Gasteiger partial charge in [0.05, 0.1) is 0 Å². The third-order valence-corrected chi connectivity index (χ3v) is 1.96. The summed E-state index contributed by atoms with van der Waals surface area (Å²) in [6.07, 6.45) is 0.435. The van der Waals surface area contributed by atoms with Crippen molar-refractivity contribution in [1.82, 2.24) is 10.4 Å². The van der Waals surface area contributed by atoms with Crippen LogP contribution >= 0.6 is 0 Å². The number of hydroxylamine groups is 2. The first-order valence-electron chi connectivity index (χ1n) is 5.01. The molecule has 2 amide bonds. The number of nitrogens with zero attached hydrogens (tertiary/aromatic N) is 1. The summed E-state index contributed by atoms with van der Waals surface area (Å²) in [6.45, 7) is 5.06. The third kappa shape index (κ3) is 4.08. The summed E-state index contributed by atoms with van der Waals surface area (Å²) in [5.74, 6) is -0.274. The summed E-state index contributed by atoms with van der Waals surface area (Å²) < 4.78 is 0. The number of nitrogens with one attached hydrogen (secondary N) is 1. The van der Waals surface area contributed by atoms with Crippen LogP contribution in [0.5, 0.6) is 0 Å². The van der Waals surface area contributed by atoms with Gasteiger partial charge in [-0.1, -0.05) is 36.9 Å². The molecular formula is C12H14N2O3. The number of benzene rings is 1. The van der Waals surface area contributed by atoms with Gasteiger partial charge in [-0.2, -0.15) is 5.06 Å². The number of hydrogen-bond acceptors (Lipinski definition) is 3. The average molecular weight is 234 g/mol. The van der Waals surface area contributed by atoms with E-state index in [2.05, 4.69) is 11.9 Å². The van der Waals surface area contributed by atoms with Crippen LogP contribution in [0.1, 0.15) is 12.5 Å². The fourth-order valence-electron chi connectivity index (χ4n) is 1.20. The summed E-state index contributed by atoms with van der Waals surface area (Å²) >= 11 is 0. The van der Waals surface area contributed by atoms with Crippen LogP contribution in [0, 0.1) is 0 Å². The second-order valence-corrected chi connectivity index (χ2v) is 3.28. The molecule has 0 atom stereocenters.